The van der Waals surface area contributed by atoms with E-state index in [2.05, 4.69) is 19.7 Å². The van der Waals surface area contributed by atoms with Crippen molar-refractivity contribution in [3.8, 4) is 0 Å². The molecule has 0 aliphatic heterocycles. The molecule has 0 aliphatic carbocycles. The van der Waals surface area contributed by atoms with Crippen LogP contribution in [0, 0.1) is 0 Å². The molecule has 0 spiro atoms. The molecule has 2 heterocycles. The van der Waals surface area contributed by atoms with E-state index in [-0.39, 0.29) is 10.2 Å². The van der Waals surface area contributed by atoms with Gasteiger partial charge in [0.2, 0.25) is 5.95 Å². The van der Waals surface area contributed by atoms with Crippen LogP contribution in [0.15, 0.2) is 28.2 Å². The minimum absolute atomic E-state index is 0.137. The van der Waals surface area contributed by atoms with Crippen molar-refractivity contribution in [2.75, 3.05) is 4.72 Å². The highest BCUT2D eigenvalue weighted by Crippen LogP contribution is 2.21. The smallest absolute Gasteiger partial charge is 0.356 e. The van der Waals surface area contributed by atoms with Gasteiger partial charge < -0.3 is 5.11 Å². The first kappa shape index (κ1) is 12.4. The van der Waals surface area contributed by atoms with Crippen molar-refractivity contribution in [3.63, 3.8) is 0 Å². The van der Waals surface area contributed by atoms with Gasteiger partial charge in [0.25, 0.3) is 10.0 Å². The minimum Gasteiger partial charge on any atom is -0.476 e. The Morgan fingerprint density at radius 1 is 1.28 bits per heavy atom. The second-order valence-corrected chi connectivity index (χ2v) is 5.70. The zero-order valence-corrected chi connectivity index (χ0v) is 10.3. The van der Waals surface area contributed by atoms with Crippen LogP contribution in [0.1, 0.15) is 10.5 Å². The number of hydrogen-bond acceptors (Lipinski definition) is 7. The van der Waals surface area contributed by atoms with Gasteiger partial charge in [-0.25, -0.2) is 32.9 Å². The van der Waals surface area contributed by atoms with Crippen LogP contribution in [0.4, 0.5) is 5.95 Å². The molecule has 8 nitrogen and oxygen atoms in total. The number of carboxylic acid groups (broad SMARTS) is 1. The first-order chi connectivity index (χ1) is 8.50. The molecular weight excluding hydrogens is 280 g/mol. The SMILES string of the molecule is O=C(O)c1ncsc1S(=O)(=O)Nc1ncccn1. The van der Waals surface area contributed by atoms with E-state index < -0.39 is 21.7 Å². The highest BCUT2D eigenvalue weighted by molar-refractivity contribution is 7.94. The molecule has 0 fully saturated rings. The van der Waals surface area contributed by atoms with E-state index in [1.165, 1.54) is 18.5 Å². The van der Waals surface area contributed by atoms with Crippen molar-refractivity contribution in [3.05, 3.63) is 29.7 Å². The van der Waals surface area contributed by atoms with Gasteiger partial charge in [0.05, 0.1) is 5.51 Å². The number of nitrogens with one attached hydrogen (secondary N) is 1. The molecule has 10 heteroatoms. The van der Waals surface area contributed by atoms with Crippen molar-refractivity contribution in [1.82, 2.24) is 15.0 Å². The Morgan fingerprint density at radius 2 is 1.94 bits per heavy atom. The summed E-state index contributed by atoms with van der Waals surface area (Å²) in [6.45, 7) is 0. The fourth-order valence-corrected chi connectivity index (χ4v) is 3.19. The lowest BCUT2D eigenvalue weighted by molar-refractivity contribution is 0.0687. The van der Waals surface area contributed by atoms with Crippen LogP contribution >= 0.6 is 11.3 Å². The van der Waals surface area contributed by atoms with E-state index in [0.717, 1.165) is 5.51 Å². The Hall–Kier alpha value is -2.07. The molecule has 2 aromatic rings. The third-order valence-corrected chi connectivity index (χ3v) is 4.47. The first-order valence-electron chi connectivity index (χ1n) is 4.47. The van der Waals surface area contributed by atoms with Gasteiger partial charge >= 0.3 is 5.97 Å². The molecule has 0 aromatic carbocycles. The number of aromatic carboxylic acids is 1. The highest BCUT2D eigenvalue weighted by Gasteiger charge is 2.26. The number of thiazole rings is 1. The molecule has 0 bridgehead atoms. The van der Waals surface area contributed by atoms with Gasteiger partial charge in [-0.3, -0.25) is 0 Å². The largest absolute Gasteiger partial charge is 0.476 e. The Bertz CT molecular complexity index is 667. The molecule has 18 heavy (non-hydrogen) atoms. The summed E-state index contributed by atoms with van der Waals surface area (Å²) in [7, 11) is -4.05. The maximum absolute atomic E-state index is 11.9. The lowest BCUT2D eigenvalue weighted by Crippen LogP contribution is -2.16. The summed E-state index contributed by atoms with van der Waals surface area (Å²) in [6, 6.07) is 1.52. The molecule has 0 atom stereocenters. The van der Waals surface area contributed by atoms with Crippen LogP contribution in [-0.2, 0) is 10.0 Å². The fraction of sp³-hybridized carbons (Fsp3) is 0. The van der Waals surface area contributed by atoms with Gasteiger partial charge in [0, 0.05) is 12.4 Å². The van der Waals surface area contributed by atoms with Gasteiger partial charge in [-0.2, -0.15) is 0 Å². The van der Waals surface area contributed by atoms with E-state index in [4.69, 9.17) is 5.11 Å². The number of nitrogens with zero attached hydrogens (tertiary/aromatic N) is 3. The quantitative estimate of drug-likeness (QED) is 0.835. The third kappa shape index (κ3) is 2.43. The second-order valence-electron chi connectivity index (χ2n) is 2.97. The van der Waals surface area contributed by atoms with Crippen molar-refractivity contribution in [1.29, 1.82) is 0 Å². The number of aromatic nitrogens is 3. The van der Waals surface area contributed by atoms with Crippen molar-refractivity contribution < 1.29 is 18.3 Å². The average molecular weight is 286 g/mol. The molecule has 2 rings (SSSR count). The zero-order valence-electron chi connectivity index (χ0n) is 8.64. The van der Waals surface area contributed by atoms with E-state index in [1.807, 2.05) is 0 Å². The van der Waals surface area contributed by atoms with Crippen molar-refractivity contribution >= 4 is 33.3 Å². The van der Waals surface area contributed by atoms with Crippen molar-refractivity contribution in [2.45, 2.75) is 4.21 Å². The Kier molecular flexibility index (Phi) is 3.21. The predicted octanol–water partition coefficient (Wildman–Crippen LogP) is 0.432. The average Bonchev–Trinajstić information content (AvgIpc) is 2.79. The maximum Gasteiger partial charge on any atom is 0.356 e. The van der Waals surface area contributed by atoms with E-state index in [0.29, 0.717) is 11.3 Å². The molecule has 0 saturated carbocycles. The molecule has 0 unspecified atom stereocenters. The summed E-state index contributed by atoms with van der Waals surface area (Å²) >= 11 is 0.706. The normalized spacial score (nSPS) is 11.1. The first-order valence-corrected chi connectivity index (χ1v) is 6.83. The Labute approximate surface area is 105 Å². The van der Waals surface area contributed by atoms with Crippen LogP contribution in [0.5, 0.6) is 0 Å². The molecule has 2 N–H and O–H groups in total. The molecule has 0 amide bonds. The summed E-state index contributed by atoms with van der Waals surface area (Å²) in [4.78, 5) is 21.7. The van der Waals surface area contributed by atoms with Gasteiger partial charge in [-0.1, -0.05) is 0 Å². The summed E-state index contributed by atoms with van der Waals surface area (Å²) in [5.74, 6) is -1.55. The lowest BCUT2D eigenvalue weighted by atomic mass is 10.5. The number of rotatable bonds is 4. The molecule has 94 valence electrons. The lowest BCUT2D eigenvalue weighted by Gasteiger charge is -2.04. The maximum atomic E-state index is 11.9. The zero-order chi connectivity index (χ0) is 13.2. The molecular formula is C8H6N4O4S2. The van der Waals surface area contributed by atoms with Crippen molar-refractivity contribution in [2.24, 2.45) is 0 Å². The molecule has 0 saturated heterocycles. The van der Waals surface area contributed by atoms with Crippen LogP contribution in [-0.4, -0.2) is 34.4 Å². The molecule has 2 aromatic heterocycles. The number of carboxylic acids is 1. The molecule has 0 aliphatic rings. The number of sulfonamides is 1. The van der Waals surface area contributed by atoms with Crippen LogP contribution in [0.3, 0.4) is 0 Å². The monoisotopic (exact) mass is 286 g/mol. The summed E-state index contributed by atoms with van der Waals surface area (Å²) in [5, 5.41) is 8.80. The van der Waals surface area contributed by atoms with Gasteiger partial charge in [-0.05, 0) is 6.07 Å². The Balaban J connectivity index is 2.37. The summed E-state index contributed by atoms with van der Waals surface area (Å²) in [5.41, 5.74) is 0.618. The fourth-order valence-electron chi connectivity index (χ4n) is 1.09. The topological polar surface area (TPSA) is 122 Å². The van der Waals surface area contributed by atoms with Gasteiger partial charge in [0.15, 0.2) is 9.90 Å². The number of anilines is 1. The molecule has 0 radical (unpaired) electrons. The summed E-state index contributed by atoms with van der Waals surface area (Å²) < 4.78 is 25.5. The minimum atomic E-state index is -4.05. The third-order valence-electron chi connectivity index (χ3n) is 1.77. The number of hydrogen-bond donors (Lipinski definition) is 2. The van der Waals surface area contributed by atoms with E-state index in [1.54, 1.807) is 0 Å². The van der Waals surface area contributed by atoms with E-state index in [9.17, 15) is 13.2 Å². The standard InChI is InChI=1S/C8H6N4O4S2/c13-6(14)5-7(17-4-11-5)18(15,16)12-8-9-2-1-3-10-8/h1-4H,(H,13,14)(H,9,10,12). The highest BCUT2D eigenvalue weighted by atomic mass is 32.2. The van der Waals surface area contributed by atoms with Crippen LogP contribution < -0.4 is 4.72 Å². The van der Waals surface area contributed by atoms with Gasteiger partial charge in [-0.15, -0.1) is 11.3 Å². The number of carbonyl (C=O) groups is 1. The summed E-state index contributed by atoms with van der Waals surface area (Å²) in [6.07, 6.45) is 2.71. The predicted molar refractivity (Wildman–Crippen MR) is 61.9 cm³/mol. The van der Waals surface area contributed by atoms with Crippen LogP contribution in [0.2, 0.25) is 0 Å². The second kappa shape index (κ2) is 4.66. The van der Waals surface area contributed by atoms with E-state index >= 15 is 0 Å². The van der Waals surface area contributed by atoms with Gasteiger partial charge in [0.1, 0.15) is 0 Å². The Morgan fingerprint density at radius 3 is 2.56 bits per heavy atom. The van der Waals surface area contributed by atoms with Crippen LogP contribution in [0.25, 0.3) is 0 Å².